The van der Waals surface area contributed by atoms with Gasteiger partial charge in [0.25, 0.3) is 11.1 Å². The summed E-state index contributed by atoms with van der Waals surface area (Å²) in [6.45, 7) is 3.87. The molecule has 0 bridgehead atoms. The average molecular weight is 356 g/mol. The molecule has 1 aliphatic rings. The lowest BCUT2D eigenvalue weighted by atomic mass is 10.1. The van der Waals surface area contributed by atoms with Crippen molar-refractivity contribution in [2.75, 3.05) is 10.2 Å². The summed E-state index contributed by atoms with van der Waals surface area (Å²) < 4.78 is 0. The van der Waals surface area contributed by atoms with Crippen molar-refractivity contribution in [2.45, 2.75) is 19.2 Å². The van der Waals surface area contributed by atoms with E-state index in [0.717, 1.165) is 27.8 Å². The van der Waals surface area contributed by atoms with E-state index < -0.39 is 22.5 Å². The minimum atomic E-state index is -1.10. The fourth-order valence-electron chi connectivity index (χ4n) is 2.54. The van der Waals surface area contributed by atoms with Crippen molar-refractivity contribution < 1.29 is 19.5 Å². The van der Waals surface area contributed by atoms with Crippen LogP contribution in [0.3, 0.4) is 0 Å². The molecular weight excluding hydrogens is 340 g/mol. The molecule has 0 saturated carbocycles. The lowest BCUT2D eigenvalue weighted by Crippen LogP contribution is -2.34. The smallest absolute Gasteiger partial charge is 0.337 e. The Bertz CT molecular complexity index is 881. The van der Waals surface area contributed by atoms with Crippen LogP contribution in [0.4, 0.5) is 16.2 Å². The van der Waals surface area contributed by atoms with Gasteiger partial charge in [0.15, 0.2) is 5.37 Å². The second kappa shape index (κ2) is 6.60. The van der Waals surface area contributed by atoms with E-state index >= 15 is 0 Å². The molecule has 25 heavy (non-hydrogen) atoms. The van der Waals surface area contributed by atoms with Gasteiger partial charge in [-0.25, -0.2) is 9.69 Å². The van der Waals surface area contributed by atoms with E-state index in [0.29, 0.717) is 11.4 Å². The van der Waals surface area contributed by atoms with Gasteiger partial charge >= 0.3 is 5.97 Å². The Morgan fingerprint density at radius 1 is 1.12 bits per heavy atom. The molecule has 2 aromatic carbocycles. The molecule has 2 aromatic rings. The second-order valence-corrected chi connectivity index (χ2v) is 6.76. The van der Waals surface area contributed by atoms with Gasteiger partial charge in [-0.05, 0) is 61.0 Å². The molecule has 2 N–H and O–H groups in total. The highest BCUT2D eigenvalue weighted by Gasteiger charge is 2.41. The fraction of sp³-hybridized carbons (Fsp3) is 0.167. The molecule has 1 unspecified atom stereocenters. The SMILES string of the molecule is Cc1ccc(N2C(=O)SC(Nc3ccccc3C(=O)O)C2=O)cc1C. The number of aromatic carboxylic acids is 1. The van der Waals surface area contributed by atoms with E-state index in [9.17, 15) is 19.5 Å². The Hall–Kier alpha value is -2.80. The Kier molecular flexibility index (Phi) is 4.50. The largest absolute Gasteiger partial charge is 0.478 e. The second-order valence-electron chi connectivity index (χ2n) is 5.70. The number of thioether (sulfide) groups is 1. The van der Waals surface area contributed by atoms with Crippen molar-refractivity contribution in [1.29, 1.82) is 0 Å². The number of carbonyl (C=O) groups is 3. The highest BCUT2D eigenvalue weighted by molar-refractivity contribution is 8.16. The predicted octanol–water partition coefficient (Wildman–Crippen LogP) is 3.64. The number of hydrogen-bond donors (Lipinski definition) is 2. The van der Waals surface area contributed by atoms with E-state index in [4.69, 9.17) is 0 Å². The molecule has 0 radical (unpaired) electrons. The third-order valence-corrected chi connectivity index (χ3v) is 4.98. The topological polar surface area (TPSA) is 86.7 Å². The van der Waals surface area contributed by atoms with Gasteiger partial charge in [-0.2, -0.15) is 0 Å². The third-order valence-electron chi connectivity index (χ3n) is 4.04. The molecule has 0 aliphatic carbocycles. The van der Waals surface area contributed by atoms with E-state index in [-0.39, 0.29) is 5.56 Å². The summed E-state index contributed by atoms with van der Waals surface area (Å²) in [6.07, 6.45) is 0. The number of benzene rings is 2. The highest BCUT2D eigenvalue weighted by Crippen LogP contribution is 2.33. The van der Waals surface area contributed by atoms with Gasteiger partial charge in [-0.1, -0.05) is 18.2 Å². The number of para-hydroxylation sites is 1. The van der Waals surface area contributed by atoms with Gasteiger partial charge in [0.05, 0.1) is 11.3 Å². The molecule has 1 atom stereocenters. The zero-order valence-electron chi connectivity index (χ0n) is 13.6. The zero-order chi connectivity index (χ0) is 18.1. The summed E-state index contributed by atoms with van der Waals surface area (Å²) in [5.41, 5.74) is 2.92. The van der Waals surface area contributed by atoms with Crippen molar-refractivity contribution in [3.8, 4) is 0 Å². The zero-order valence-corrected chi connectivity index (χ0v) is 14.5. The van der Waals surface area contributed by atoms with Crippen molar-refractivity contribution in [3.05, 3.63) is 59.2 Å². The summed E-state index contributed by atoms with van der Waals surface area (Å²) >= 11 is 0.835. The van der Waals surface area contributed by atoms with Crippen LogP contribution < -0.4 is 10.2 Å². The first-order valence-corrected chi connectivity index (χ1v) is 8.47. The standard InChI is InChI=1S/C18H16N2O4S/c1-10-7-8-12(9-11(10)2)20-16(21)15(25-18(20)24)19-14-6-4-3-5-13(14)17(22)23/h3-9,15,19H,1-2H3,(H,22,23). The summed E-state index contributed by atoms with van der Waals surface area (Å²) in [5.74, 6) is -1.52. The van der Waals surface area contributed by atoms with Crippen LogP contribution in [0.15, 0.2) is 42.5 Å². The number of imide groups is 1. The number of rotatable bonds is 4. The van der Waals surface area contributed by atoms with Gasteiger partial charge in [0.2, 0.25) is 0 Å². The molecule has 128 valence electrons. The first-order chi connectivity index (χ1) is 11.9. The van der Waals surface area contributed by atoms with Crippen molar-refractivity contribution in [2.24, 2.45) is 0 Å². The molecule has 1 aliphatic heterocycles. The Morgan fingerprint density at radius 3 is 2.52 bits per heavy atom. The normalized spacial score (nSPS) is 17.0. The van der Waals surface area contributed by atoms with E-state index in [2.05, 4.69) is 5.32 Å². The Morgan fingerprint density at radius 2 is 1.84 bits per heavy atom. The van der Waals surface area contributed by atoms with Crippen molar-refractivity contribution in [3.63, 3.8) is 0 Å². The molecule has 3 rings (SSSR count). The molecule has 1 saturated heterocycles. The quantitative estimate of drug-likeness (QED) is 0.870. The first kappa shape index (κ1) is 17.0. The number of anilines is 2. The van der Waals surface area contributed by atoms with Gasteiger partial charge in [0, 0.05) is 5.69 Å². The van der Waals surface area contributed by atoms with Crippen LogP contribution >= 0.6 is 11.8 Å². The summed E-state index contributed by atoms with van der Waals surface area (Å²) in [5, 5.41) is 10.8. The highest BCUT2D eigenvalue weighted by atomic mass is 32.2. The van der Waals surface area contributed by atoms with E-state index in [1.807, 2.05) is 19.9 Å². The molecule has 0 spiro atoms. The van der Waals surface area contributed by atoms with Crippen LogP contribution in [0.5, 0.6) is 0 Å². The lowest BCUT2D eigenvalue weighted by Gasteiger charge is -2.16. The van der Waals surface area contributed by atoms with Crippen LogP contribution in [0.1, 0.15) is 21.5 Å². The molecular formula is C18H16N2O4S. The number of aryl methyl sites for hydroxylation is 2. The minimum absolute atomic E-state index is 0.0491. The summed E-state index contributed by atoms with van der Waals surface area (Å²) in [7, 11) is 0. The van der Waals surface area contributed by atoms with E-state index in [1.165, 1.54) is 6.07 Å². The first-order valence-electron chi connectivity index (χ1n) is 7.59. The van der Waals surface area contributed by atoms with Gasteiger partial charge in [-0.15, -0.1) is 0 Å². The summed E-state index contributed by atoms with van der Waals surface area (Å²) in [4.78, 5) is 37.4. The Balaban J connectivity index is 1.87. The van der Waals surface area contributed by atoms with Crippen LogP contribution in [0, 0.1) is 13.8 Å². The maximum atomic E-state index is 12.7. The van der Waals surface area contributed by atoms with Crippen molar-refractivity contribution in [1.82, 2.24) is 0 Å². The molecule has 7 heteroatoms. The number of hydrogen-bond acceptors (Lipinski definition) is 5. The van der Waals surface area contributed by atoms with Crippen LogP contribution in [0.2, 0.25) is 0 Å². The monoisotopic (exact) mass is 356 g/mol. The van der Waals surface area contributed by atoms with Gasteiger partial charge in [0.1, 0.15) is 0 Å². The average Bonchev–Trinajstić information content (AvgIpc) is 2.84. The van der Waals surface area contributed by atoms with Crippen molar-refractivity contribution >= 4 is 40.3 Å². The maximum absolute atomic E-state index is 12.7. The van der Waals surface area contributed by atoms with Gasteiger partial charge < -0.3 is 10.4 Å². The number of nitrogens with one attached hydrogen (secondary N) is 1. The predicted molar refractivity (Wildman–Crippen MR) is 97.2 cm³/mol. The molecule has 0 aromatic heterocycles. The van der Waals surface area contributed by atoms with E-state index in [1.54, 1.807) is 30.3 Å². The fourth-order valence-corrected chi connectivity index (χ4v) is 3.43. The Labute approximate surface area is 148 Å². The number of nitrogens with zero attached hydrogens (tertiary/aromatic N) is 1. The maximum Gasteiger partial charge on any atom is 0.337 e. The number of amides is 2. The number of carbonyl (C=O) groups excluding carboxylic acids is 2. The third kappa shape index (κ3) is 3.23. The molecule has 2 amide bonds. The van der Waals surface area contributed by atoms with Crippen LogP contribution in [-0.2, 0) is 4.79 Å². The number of carboxylic acid groups (broad SMARTS) is 1. The van der Waals surface area contributed by atoms with Crippen LogP contribution in [-0.4, -0.2) is 27.6 Å². The molecule has 1 heterocycles. The molecule has 1 fully saturated rings. The summed E-state index contributed by atoms with van der Waals surface area (Å²) in [6, 6.07) is 11.7. The number of carboxylic acids is 1. The van der Waals surface area contributed by atoms with Crippen LogP contribution in [0.25, 0.3) is 0 Å². The molecule has 6 nitrogen and oxygen atoms in total. The van der Waals surface area contributed by atoms with Gasteiger partial charge in [-0.3, -0.25) is 9.59 Å². The lowest BCUT2D eigenvalue weighted by molar-refractivity contribution is -0.116. The minimum Gasteiger partial charge on any atom is -0.478 e.